The lowest BCUT2D eigenvalue weighted by molar-refractivity contribution is -0.148. The molecule has 1 aromatic rings. The number of carbonyl (C=O) groups excluding carboxylic acids is 1. The minimum atomic E-state index is -0.344. The van der Waals surface area contributed by atoms with Crippen LogP contribution >= 0.6 is 11.6 Å². The molecule has 2 saturated heterocycles. The number of hydrogen-bond donors (Lipinski definition) is 0. The second kappa shape index (κ2) is 6.86. The van der Waals surface area contributed by atoms with Crippen molar-refractivity contribution < 1.29 is 14.3 Å². The smallest absolute Gasteiger partial charge is 0.253 e. The molecule has 1 amide bonds. The fourth-order valence-electron chi connectivity index (χ4n) is 2.89. The van der Waals surface area contributed by atoms with Gasteiger partial charge in [0.05, 0.1) is 13.2 Å². The Hall–Kier alpha value is -1.30. The van der Waals surface area contributed by atoms with Crippen LogP contribution in [0.1, 0.15) is 6.42 Å². The first-order valence-electron chi connectivity index (χ1n) is 7.63. The Morgan fingerprint density at radius 2 is 2.23 bits per heavy atom. The third kappa shape index (κ3) is 3.72. The summed E-state index contributed by atoms with van der Waals surface area (Å²) in [5, 5.41) is 0.655. The van der Waals surface area contributed by atoms with Crippen molar-refractivity contribution in [3.63, 3.8) is 0 Å². The quantitative estimate of drug-likeness (QED) is 0.848. The lowest BCUT2D eigenvalue weighted by Gasteiger charge is -2.31. The van der Waals surface area contributed by atoms with E-state index in [0.717, 1.165) is 18.7 Å². The second-order valence-electron chi connectivity index (χ2n) is 5.89. The molecule has 1 aromatic carbocycles. The van der Waals surface area contributed by atoms with Crippen molar-refractivity contribution >= 4 is 17.5 Å². The molecule has 3 rings (SSSR count). The van der Waals surface area contributed by atoms with Gasteiger partial charge in [-0.1, -0.05) is 17.7 Å². The fourth-order valence-corrected chi connectivity index (χ4v) is 3.07. The van der Waals surface area contributed by atoms with E-state index in [1.165, 1.54) is 0 Å². The number of likely N-dealkylation sites (tertiary alicyclic amines) is 1. The van der Waals surface area contributed by atoms with Crippen molar-refractivity contribution in [2.24, 2.45) is 0 Å². The molecule has 2 fully saturated rings. The van der Waals surface area contributed by atoms with E-state index in [1.54, 1.807) is 6.07 Å². The van der Waals surface area contributed by atoms with E-state index in [0.29, 0.717) is 31.3 Å². The maximum Gasteiger partial charge on any atom is 0.253 e. The van der Waals surface area contributed by atoms with Gasteiger partial charge in [0.1, 0.15) is 18.0 Å². The Kier molecular flexibility index (Phi) is 4.86. The molecule has 120 valence electrons. The molecule has 0 unspecified atom stereocenters. The Morgan fingerprint density at radius 3 is 3.00 bits per heavy atom. The van der Waals surface area contributed by atoms with Gasteiger partial charge in [-0.05, 0) is 25.2 Å². The second-order valence-corrected chi connectivity index (χ2v) is 6.33. The first-order chi connectivity index (χ1) is 10.6. The highest BCUT2D eigenvalue weighted by Gasteiger charge is 2.34. The topological polar surface area (TPSA) is 42.0 Å². The normalized spacial score (nSPS) is 26.2. The van der Waals surface area contributed by atoms with Gasteiger partial charge in [0, 0.05) is 31.1 Å². The highest BCUT2D eigenvalue weighted by atomic mass is 35.5. The number of halogens is 1. The third-order valence-corrected chi connectivity index (χ3v) is 4.34. The molecule has 2 aliphatic rings. The maximum atomic E-state index is 12.5. The van der Waals surface area contributed by atoms with Gasteiger partial charge in [0.2, 0.25) is 0 Å². The average Bonchev–Trinajstić information content (AvgIpc) is 2.95. The number of morpholine rings is 1. The van der Waals surface area contributed by atoms with E-state index in [4.69, 9.17) is 21.1 Å². The standard InChI is InChI=1S/C16H21ClN2O3/c1-18-7-8-21-15(11-18)16(20)19-6-5-14(10-19)22-13-4-2-3-12(17)9-13/h2-4,9,14-15H,5-8,10-11H2,1H3/t14-,15-/m1/s1. The average molecular weight is 325 g/mol. The summed E-state index contributed by atoms with van der Waals surface area (Å²) in [5.74, 6) is 0.823. The van der Waals surface area contributed by atoms with Gasteiger partial charge in [0.15, 0.2) is 0 Å². The molecule has 0 N–H and O–H groups in total. The van der Waals surface area contributed by atoms with Crippen LogP contribution in [0.2, 0.25) is 5.02 Å². The van der Waals surface area contributed by atoms with Gasteiger partial charge in [-0.2, -0.15) is 0 Å². The molecule has 2 atom stereocenters. The molecule has 22 heavy (non-hydrogen) atoms. The van der Waals surface area contributed by atoms with Crippen molar-refractivity contribution in [2.75, 3.05) is 39.8 Å². The largest absolute Gasteiger partial charge is 0.488 e. The summed E-state index contributed by atoms with van der Waals surface area (Å²) >= 11 is 5.96. The van der Waals surface area contributed by atoms with Gasteiger partial charge in [-0.15, -0.1) is 0 Å². The minimum Gasteiger partial charge on any atom is -0.488 e. The maximum absolute atomic E-state index is 12.5. The fraction of sp³-hybridized carbons (Fsp3) is 0.562. The van der Waals surface area contributed by atoms with Crippen molar-refractivity contribution in [3.8, 4) is 5.75 Å². The van der Waals surface area contributed by atoms with E-state index in [9.17, 15) is 4.79 Å². The molecule has 5 nitrogen and oxygen atoms in total. The highest BCUT2D eigenvalue weighted by molar-refractivity contribution is 6.30. The van der Waals surface area contributed by atoms with Crippen LogP contribution in [0, 0.1) is 0 Å². The highest BCUT2D eigenvalue weighted by Crippen LogP contribution is 2.22. The molecular formula is C16H21ClN2O3. The Balaban J connectivity index is 1.54. The van der Waals surface area contributed by atoms with Crippen LogP contribution in [0.25, 0.3) is 0 Å². The summed E-state index contributed by atoms with van der Waals surface area (Å²) in [6, 6.07) is 7.36. The van der Waals surface area contributed by atoms with Crippen LogP contribution in [0.15, 0.2) is 24.3 Å². The number of nitrogens with zero attached hydrogens (tertiary/aromatic N) is 2. The summed E-state index contributed by atoms with van der Waals surface area (Å²) in [5.41, 5.74) is 0. The van der Waals surface area contributed by atoms with Crippen LogP contribution in [0.3, 0.4) is 0 Å². The van der Waals surface area contributed by atoms with Crippen molar-refractivity contribution in [1.29, 1.82) is 0 Å². The molecule has 0 radical (unpaired) electrons. The zero-order chi connectivity index (χ0) is 15.5. The lowest BCUT2D eigenvalue weighted by atomic mass is 10.2. The SMILES string of the molecule is CN1CCO[C@@H](C(=O)N2CC[C@@H](Oc3cccc(Cl)c3)C2)C1. The first kappa shape index (κ1) is 15.6. The molecule has 6 heteroatoms. The van der Waals surface area contributed by atoms with Crippen LogP contribution in [-0.2, 0) is 9.53 Å². The number of hydrogen-bond acceptors (Lipinski definition) is 4. The zero-order valence-corrected chi connectivity index (χ0v) is 13.5. The summed E-state index contributed by atoms with van der Waals surface area (Å²) < 4.78 is 11.5. The van der Waals surface area contributed by atoms with Crippen LogP contribution in [0.5, 0.6) is 5.75 Å². The van der Waals surface area contributed by atoms with E-state index in [-0.39, 0.29) is 18.1 Å². The van der Waals surface area contributed by atoms with E-state index >= 15 is 0 Å². The summed E-state index contributed by atoms with van der Waals surface area (Å²) in [7, 11) is 2.01. The van der Waals surface area contributed by atoms with Crippen molar-refractivity contribution in [2.45, 2.75) is 18.6 Å². The monoisotopic (exact) mass is 324 g/mol. The number of benzene rings is 1. The molecule has 0 spiro atoms. The predicted molar refractivity (Wildman–Crippen MR) is 84.3 cm³/mol. The van der Waals surface area contributed by atoms with E-state index in [1.807, 2.05) is 30.1 Å². The summed E-state index contributed by atoms with van der Waals surface area (Å²) in [6.45, 7) is 3.48. The van der Waals surface area contributed by atoms with Crippen LogP contribution in [-0.4, -0.2) is 67.7 Å². The zero-order valence-electron chi connectivity index (χ0n) is 12.7. The Morgan fingerprint density at radius 1 is 1.36 bits per heavy atom. The van der Waals surface area contributed by atoms with Gasteiger partial charge >= 0.3 is 0 Å². The van der Waals surface area contributed by atoms with Gasteiger partial charge in [-0.25, -0.2) is 0 Å². The molecule has 0 aliphatic carbocycles. The summed E-state index contributed by atoms with van der Waals surface area (Å²) in [6.07, 6.45) is 0.508. The molecule has 2 heterocycles. The number of carbonyl (C=O) groups is 1. The van der Waals surface area contributed by atoms with Gasteiger partial charge in [-0.3, -0.25) is 4.79 Å². The minimum absolute atomic E-state index is 0.0173. The molecule has 2 aliphatic heterocycles. The van der Waals surface area contributed by atoms with Crippen molar-refractivity contribution in [1.82, 2.24) is 9.80 Å². The number of amides is 1. The molecule has 0 aromatic heterocycles. The molecule has 0 bridgehead atoms. The predicted octanol–water partition coefficient (Wildman–Crippen LogP) is 1.65. The molecular weight excluding hydrogens is 304 g/mol. The van der Waals surface area contributed by atoms with Crippen LogP contribution < -0.4 is 4.74 Å². The number of ether oxygens (including phenoxy) is 2. The van der Waals surface area contributed by atoms with Gasteiger partial charge in [0.25, 0.3) is 5.91 Å². The third-order valence-electron chi connectivity index (χ3n) is 4.10. The summed E-state index contributed by atoms with van der Waals surface area (Å²) in [4.78, 5) is 16.5. The Labute approximate surface area is 135 Å². The van der Waals surface area contributed by atoms with E-state index < -0.39 is 0 Å². The number of rotatable bonds is 3. The van der Waals surface area contributed by atoms with Gasteiger partial charge < -0.3 is 19.3 Å². The van der Waals surface area contributed by atoms with Crippen molar-refractivity contribution in [3.05, 3.63) is 29.3 Å². The van der Waals surface area contributed by atoms with Crippen LogP contribution in [0.4, 0.5) is 0 Å². The first-order valence-corrected chi connectivity index (χ1v) is 8.01. The van der Waals surface area contributed by atoms with E-state index in [2.05, 4.69) is 4.90 Å². The molecule has 0 saturated carbocycles. The number of likely N-dealkylation sites (N-methyl/N-ethyl adjacent to an activating group) is 1. The lowest BCUT2D eigenvalue weighted by Crippen LogP contribution is -2.49. The Bertz CT molecular complexity index is 540.